The van der Waals surface area contributed by atoms with Gasteiger partial charge < -0.3 is 4.74 Å². The van der Waals surface area contributed by atoms with Crippen LogP contribution in [-0.2, 0) is 0 Å². The Balaban J connectivity index is 2.09. The molecule has 2 aromatic rings. The highest BCUT2D eigenvalue weighted by atomic mass is 16.5. The molecule has 0 aliphatic rings. The number of benzene rings is 2. The Labute approximate surface area is 132 Å². The maximum Gasteiger partial charge on any atom is 0.206 e. The summed E-state index contributed by atoms with van der Waals surface area (Å²) in [5, 5.41) is 9.01. The van der Waals surface area contributed by atoms with Crippen LogP contribution in [0, 0.1) is 18.3 Å². The Kier molecular flexibility index (Phi) is 5.32. The number of rotatable bonds is 6. The molecule has 3 heteroatoms. The molecule has 0 saturated heterocycles. The minimum absolute atomic E-state index is 0.147. The summed E-state index contributed by atoms with van der Waals surface area (Å²) in [6, 6.07) is 17.8. The van der Waals surface area contributed by atoms with Gasteiger partial charge in [-0.1, -0.05) is 31.2 Å². The number of hydrogen-bond acceptors (Lipinski definition) is 2. The lowest BCUT2D eigenvalue weighted by Crippen LogP contribution is -2.27. The molecule has 0 fully saturated rings. The molecule has 0 saturated carbocycles. The number of para-hydroxylation sites is 1. The molecule has 0 spiro atoms. The van der Waals surface area contributed by atoms with Gasteiger partial charge in [-0.2, -0.15) is 9.84 Å². The van der Waals surface area contributed by atoms with Crippen molar-refractivity contribution in [2.45, 2.75) is 26.3 Å². The van der Waals surface area contributed by atoms with Crippen LogP contribution >= 0.6 is 0 Å². The first-order chi connectivity index (χ1) is 10.7. The highest BCUT2D eigenvalue weighted by Crippen LogP contribution is 2.20. The molecule has 3 nitrogen and oxygen atoms in total. The predicted molar refractivity (Wildman–Crippen MR) is 89.0 cm³/mol. The average Bonchev–Trinajstić information content (AvgIpc) is 2.56. The monoisotopic (exact) mass is 293 g/mol. The van der Waals surface area contributed by atoms with E-state index in [1.807, 2.05) is 54.0 Å². The second-order valence-corrected chi connectivity index (χ2v) is 5.27. The van der Waals surface area contributed by atoms with E-state index in [1.54, 1.807) is 6.07 Å². The first-order valence-electron chi connectivity index (χ1n) is 7.44. The van der Waals surface area contributed by atoms with Crippen LogP contribution in [0.4, 0.5) is 5.69 Å². The van der Waals surface area contributed by atoms with Crippen molar-refractivity contribution in [2.75, 3.05) is 6.61 Å². The second kappa shape index (κ2) is 7.42. The Morgan fingerprint density at radius 2 is 2.00 bits per heavy atom. The maximum atomic E-state index is 9.01. The van der Waals surface area contributed by atoms with Crippen LogP contribution in [0.1, 0.15) is 24.5 Å². The van der Waals surface area contributed by atoms with Gasteiger partial charge in [0.2, 0.25) is 5.69 Å². The first kappa shape index (κ1) is 15.8. The SMILES string of the molecule is C=[N+](c1cccc(C#N)c1)C(CC)COc1ccccc1C. The lowest BCUT2D eigenvalue weighted by Gasteiger charge is -2.15. The highest BCUT2D eigenvalue weighted by molar-refractivity contribution is 5.42. The standard InChI is InChI=1S/C19H21N2O/c1-4-17(14-22-19-11-6-5-8-15(19)2)21(3)18-10-7-9-16(12-18)13-20/h5-12,17H,3-4,14H2,1-2H3/q+1. The molecule has 0 bridgehead atoms. The number of aryl methyl sites for hydroxylation is 1. The molecule has 2 rings (SSSR count). The van der Waals surface area contributed by atoms with E-state index in [0.29, 0.717) is 12.2 Å². The van der Waals surface area contributed by atoms with E-state index in [2.05, 4.69) is 19.7 Å². The molecule has 112 valence electrons. The predicted octanol–water partition coefficient (Wildman–Crippen LogP) is 4.07. The van der Waals surface area contributed by atoms with Crippen LogP contribution in [-0.4, -0.2) is 23.9 Å². The molecule has 1 unspecified atom stereocenters. The third kappa shape index (κ3) is 3.73. The fourth-order valence-electron chi connectivity index (χ4n) is 2.30. The molecule has 0 radical (unpaired) electrons. The van der Waals surface area contributed by atoms with Gasteiger partial charge in [0.05, 0.1) is 11.6 Å². The quantitative estimate of drug-likeness (QED) is 0.594. The molecule has 0 heterocycles. The van der Waals surface area contributed by atoms with E-state index < -0.39 is 0 Å². The summed E-state index contributed by atoms with van der Waals surface area (Å²) in [6.45, 7) is 8.84. The van der Waals surface area contributed by atoms with Gasteiger partial charge in [-0.3, -0.25) is 0 Å². The molecule has 0 aliphatic heterocycles. The van der Waals surface area contributed by atoms with Crippen molar-refractivity contribution in [3.05, 3.63) is 59.7 Å². The molecular formula is C19H21N2O+. The molecule has 0 aromatic heterocycles. The summed E-state index contributed by atoms with van der Waals surface area (Å²) in [5.41, 5.74) is 2.69. The fourth-order valence-corrected chi connectivity index (χ4v) is 2.30. The highest BCUT2D eigenvalue weighted by Gasteiger charge is 2.20. The zero-order valence-corrected chi connectivity index (χ0v) is 13.1. The Morgan fingerprint density at radius 1 is 1.23 bits per heavy atom. The van der Waals surface area contributed by atoms with Crippen LogP contribution in [0.25, 0.3) is 0 Å². The van der Waals surface area contributed by atoms with Gasteiger partial charge in [-0.05, 0) is 24.6 Å². The molecule has 0 aliphatic carbocycles. The van der Waals surface area contributed by atoms with Crippen LogP contribution in [0.5, 0.6) is 5.75 Å². The van der Waals surface area contributed by atoms with E-state index in [9.17, 15) is 0 Å². The van der Waals surface area contributed by atoms with Crippen molar-refractivity contribution in [1.29, 1.82) is 5.26 Å². The number of nitrogens with zero attached hydrogens (tertiary/aromatic N) is 2. The van der Waals surface area contributed by atoms with E-state index >= 15 is 0 Å². The number of ether oxygens (including phenoxy) is 1. The van der Waals surface area contributed by atoms with E-state index in [0.717, 1.165) is 23.4 Å². The zero-order chi connectivity index (χ0) is 15.9. The van der Waals surface area contributed by atoms with Gasteiger partial charge in [0.15, 0.2) is 6.04 Å². The molecule has 0 N–H and O–H groups in total. The molecule has 1 atom stereocenters. The molecule has 0 amide bonds. The van der Waals surface area contributed by atoms with Gasteiger partial charge in [-0.15, -0.1) is 0 Å². The molecule has 2 aromatic carbocycles. The van der Waals surface area contributed by atoms with E-state index in [-0.39, 0.29) is 6.04 Å². The summed E-state index contributed by atoms with van der Waals surface area (Å²) in [4.78, 5) is 0. The smallest absolute Gasteiger partial charge is 0.206 e. The summed E-state index contributed by atoms with van der Waals surface area (Å²) < 4.78 is 7.87. The van der Waals surface area contributed by atoms with Crippen molar-refractivity contribution in [3.8, 4) is 11.8 Å². The summed E-state index contributed by atoms with van der Waals surface area (Å²) in [7, 11) is 0. The van der Waals surface area contributed by atoms with Crippen molar-refractivity contribution in [1.82, 2.24) is 0 Å². The third-order valence-corrected chi connectivity index (χ3v) is 3.74. The van der Waals surface area contributed by atoms with Gasteiger partial charge in [0.1, 0.15) is 19.1 Å². The van der Waals surface area contributed by atoms with Crippen molar-refractivity contribution >= 4 is 12.4 Å². The topological polar surface area (TPSA) is 36.0 Å². The van der Waals surface area contributed by atoms with Gasteiger partial charge in [-0.25, -0.2) is 0 Å². The first-order valence-corrected chi connectivity index (χ1v) is 7.44. The van der Waals surface area contributed by atoms with Crippen molar-refractivity contribution in [2.24, 2.45) is 0 Å². The number of hydrogen-bond donors (Lipinski definition) is 0. The van der Waals surface area contributed by atoms with E-state index in [4.69, 9.17) is 10.00 Å². The normalized spacial score (nSPS) is 11.5. The van der Waals surface area contributed by atoms with Gasteiger partial charge in [0.25, 0.3) is 0 Å². The Hall–Kier alpha value is -2.60. The van der Waals surface area contributed by atoms with Gasteiger partial charge in [0, 0.05) is 18.6 Å². The van der Waals surface area contributed by atoms with Gasteiger partial charge >= 0.3 is 0 Å². The van der Waals surface area contributed by atoms with Crippen molar-refractivity contribution < 1.29 is 9.31 Å². The largest absolute Gasteiger partial charge is 0.486 e. The summed E-state index contributed by atoms with van der Waals surface area (Å²) in [6.07, 6.45) is 0.909. The van der Waals surface area contributed by atoms with Crippen molar-refractivity contribution in [3.63, 3.8) is 0 Å². The Bertz CT molecular complexity index is 701. The molecular weight excluding hydrogens is 272 g/mol. The number of nitriles is 1. The second-order valence-electron chi connectivity index (χ2n) is 5.27. The Morgan fingerprint density at radius 3 is 2.68 bits per heavy atom. The van der Waals surface area contributed by atoms with Crippen LogP contribution in [0.3, 0.4) is 0 Å². The van der Waals surface area contributed by atoms with Crippen LogP contribution in [0.2, 0.25) is 0 Å². The summed E-state index contributed by atoms with van der Waals surface area (Å²) in [5.74, 6) is 0.903. The molecule has 22 heavy (non-hydrogen) atoms. The maximum absolute atomic E-state index is 9.01. The zero-order valence-electron chi connectivity index (χ0n) is 13.1. The van der Waals surface area contributed by atoms with E-state index in [1.165, 1.54) is 0 Å². The average molecular weight is 293 g/mol. The minimum atomic E-state index is 0.147. The van der Waals surface area contributed by atoms with Crippen LogP contribution in [0.15, 0.2) is 48.5 Å². The fraction of sp³-hybridized carbons (Fsp3) is 0.263. The summed E-state index contributed by atoms with van der Waals surface area (Å²) >= 11 is 0. The van der Waals surface area contributed by atoms with Crippen LogP contribution < -0.4 is 4.74 Å². The minimum Gasteiger partial charge on any atom is -0.486 e. The lowest BCUT2D eigenvalue weighted by atomic mass is 10.1. The third-order valence-electron chi connectivity index (χ3n) is 3.74. The lowest BCUT2D eigenvalue weighted by molar-refractivity contribution is -0.480.